The van der Waals surface area contributed by atoms with Crippen LogP contribution in [0.4, 0.5) is 4.39 Å². The number of likely N-dealkylation sites (N-methyl/N-ethyl adjacent to an activating group) is 1. The topological polar surface area (TPSA) is 12.0 Å². The van der Waals surface area contributed by atoms with E-state index < -0.39 is 0 Å². The van der Waals surface area contributed by atoms with E-state index >= 15 is 0 Å². The van der Waals surface area contributed by atoms with Crippen LogP contribution in [0.1, 0.15) is 22.3 Å². The zero-order chi connectivity index (χ0) is 15.4. The first-order chi connectivity index (χ1) is 9.99. The van der Waals surface area contributed by atoms with Crippen molar-refractivity contribution in [1.82, 2.24) is 5.32 Å². The molecule has 1 unspecified atom stereocenters. The summed E-state index contributed by atoms with van der Waals surface area (Å²) in [5.74, 6) is -0.140. The van der Waals surface area contributed by atoms with Crippen LogP contribution in [0.3, 0.4) is 0 Å². The highest BCUT2D eigenvalue weighted by Gasteiger charge is 2.12. The fourth-order valence-electron chi connectivity index (χ4n) is 2.46. The Kier molecular flexibility index (Phi) is 5.54. The van der Waals surface area contributed by atoms with Gasteiger partial charge in [0.2, 0.25) is 0 Å². The van der Waals surface area contributed by atoms with E-state index in [-0.39, 0.29) is 11.9 Å². The largest absolute Gasteiger partial charge is 0.316 e. The molecule has 0 fully saturated rings. The molecular formula is C18H21BrFN. The first-order valence-electron chi connectivity index (χ1n) is 7.17. The van der Waals surface area contributed by atoms with E-state index in [2.05, 4.69) is 53.3 Å². The summed E-state index contributed by atoms with van der Waals surface area (Å²) in [5, 5.41) is 3.30. The second kappa shape index (κ2) is 7.19. The Bertz CT molecular complexity index is 625. The molecule has 0 aliphatic rings. The lowest BCUT2D eigenvalue weighted by Crippen LogP contribution is -2.30. The van der Waals surface area contributed by atoms with Gasteiger partial charge in [-0.25, -0.2) is 4.39 Å². The van der Waals surface area contributed by atoms with E-state index in [0.717, 1.165) is 16.5 Å². The maximum atomic E-state index is 13.9. The van der Waals surface area contributed by atoms with E-state index in [1.54, 1.807) is 6.07 Å². The molecule has 2 rings (SSSR count). The van der Waals surface area contributed by atoms with Gasteiger partial charge in [-0.2, -0.15) is 0 Å². The summed E-state index contributed by atoms with van der Waals surface area (Å²) in [7, 11) is 1.93. The molecule has 1 atom stereocenters. The zero-order valence-electron chi connectivity index (χ0n) is 12.7. The van der Waals surface area contributed by atoms with Crippen LogP contribution in [-0.2, 0) is 12.8 Å². The molecule has 0 radical (unpaired) electrons. The minimum atomic E-state index is -0.140. The molecule has 3 heteroatoms. The first kappa shape index (κ1) is 16.2. The van der Waals surface area contributed by atoms with Gasteiger partial charge in [0.05, 0.1) is 0 Å². The molecule has 0 aromatic heterocycles. The lowest BCUT2D eigenvalue weighted by Gasteiger charge is -2.17. The van der Waals surface area contributed by atoms with E-state index in [0.29, 0.717) is 6.42 Å². The summed E-state index contributed by atoms with van der Waals surface area (Å²) in [6, 6.07) is 11.9. The van der Waals surface area contributed by atoms with E-state index in [1.807, 2.05) is 13.1 Å². The van der Waals surface area contributed by atoms with Crippen molar-refractivity contribution >= 4 is 15.9 Å². The van der Waals surface area contributed by atoms with Gasteiger partial charge < -0.3 is 5.32 Å². The Labute approximate surface area is 134 Å². The van der Waals surface area contributed by atoms with Gasteiger partial charge in [-0.1, -0.05) is 34.1 Å². The molecule has 0 saturated heterocycles. The minimum Gasteiger partial charge on any atom is -0.316 e. The van der Waals surface area contributed by atoms with Crippen LogP contribution < -0.4 is 5.32 Å². The van der Waals surface area contributed by atoms with Crippen molar-refractivity contribution in [2.24, 2.45) is 0 Å². The average Bonchev–Trinajstić information content (AvgIpc) is 2.46. The second-order valence-electron chi connectivity index (χ2n) is 5.55. The van der Waals surface area contributed by atoms with Crippen LogP contribution in [0.25, 0.3) is 0 Å². The van der Waals surface area contributed by atoms with E-state index in [1.165, 1.54) is 22.8 Å². The van der Waals surface area contributed by atoms with Crippen LogP contribution in [0, 0.1) is 19.7 Å². The summed E-state index contributed by atoms with van der Waals surface area (Å²) < 4.78 is 14.8. The van der Waals surface area contributed by atoms with Crippen LogP contribution in [0.2, 0.25) is 0 Å². The molecule has 1 nitrogen and oxygen atoms in total. The molecule has 0 aliphatic heterocycles. The highest BCUT2D eigenvalue weighted by atomic mass is 79.9. The Morgan fingerprint density at radius 2 is 1.81 bits per heavy atom. The van der Waals surface area contributed by atoms with Gasteiger partial charge >= 0.3 is 0 Å². The predicted molar refractivity (Wildman–Crippen MR) is 90.3 cm³/mol. The monoisotopic (exact) mass is 349 g/mol. The van der Waals surface area contributed by atoms with Crippen molar-refractivity contribution in [1.29, 1.82) is 0 Å². The van der Waals surface area contributed by atoms with E-state index in [9.17, 15) is 4.39 Å². The second-order valence-corrected chi connectivity index (χ2v) is 6.46. The van der Waals surface area contributed by atoms with Gasteiger partial charge in [0.15, 0.2) is 0 Å². The maximum Gasteiger partial charge on any atom is 0.126 e. The summed E-state index contributed by atoms with van der Waals surface area (Å²) >= 11 is 3.41. The minimum absolute atomic E-state index is 0.140. The lowest BCUT2D eigenvalue weighted by atomic mass is 9.96. The molecule has 0 heterocycles. The van der Waals surface area contributed by atoms with Crippen molar-refractivity contribution in [2.45, 2.75) is 32.7 Å². The van der Waals surface area contributed by atoms with E-state index in [4.69, 9.17) is 0 Å². The third kappa shape index (κ3) is 4.39. The number of hydrogen-bond acceptors (Lipinski definition) is 1. The number of nitrogens with one attached hydrogen (secondary N) is 1. The van der Waals surface area contributed by atoms with Crippen LogP contribution in [-0.4, -0.2) is 13.1 Å². The smallest absolute Gasteiger partial charge is 0.126 e. The van der Waals surface area contributed by atoms with Crippen molar-refractivity contribution in [3.63, 3.8) is 0 Å². The molecule has 0 aliphatic carbocycles. The predicted octanol–water partition coefficient (Wildman–Crippen LogP) is 4.58. The first-order valence-corrected chi connectivity index (χ1v) is 7.96. The molecule has 21 heavy (non-hydrogen) atoms. The van der Waals surface area contributed by atoms with Crippen molar-refractivity contribution < 1.29 is 4.39 Å². The summed E-state index contributed by atoms with van der Waals surface area (Å²) in [5.41, 5.74) is 4.63. The molecule has 112 valence electrons. The molecule has 0 spiro atoms. The normalized spacial score (nSPS) is 12.4. The highest BCUT2D eigenvalue weighted by molar-refractivity contribution is 9.10. The standard InChI is InChI=1S/C18H21BrFN/c1-12-4-5-14(8-13(12)2)9-17(21-3)11-15-10-16(19)6-7-18(15)20/h4-8,10,17,21H,9,11H2,1-3H3. The van der Waals surface area contributed by atoms with Crippen LogP contribution in [0.5, 0.6) is 0 Å². The average molecular weight is 350 g/mol. The third-order valence-corrected chi connectivity index (χ3v) is 4.43. The van der Waals surface area contributed by atoms with Gasteiger partial charge in [0.1, 0.15) is 5.82 Å². The van der Waals surface area contributed by atoms with Crippen molar-refractivity contribution in [2.75, 3.05) is 7.05 Å². The molecule has 1 N–H and O–H groups in total. The fraction of sp³-hybridized carbons (Fsp3) is 0.333. The molecule has 0 saturated carbocycles. The third-order valence-electron chi connectivity index (χ3n) is 3.94. The Hall–Kier alpha value is -1.19. The van der Waals surface area contributed by atoms with Gasteiger partial charge in [0, 0.05) is 10.5 Å². The van der Waals surface area contributed by atoms with Gasteiger partial charge in [-0.15, -0.1) is 0 Å². The number of benzene rings is 2. The SMILES string of the molecule is CNC(Cc1ccc(C)c(C)c1)Cc1cc(Br)ccc1F. The van der Waals surface area contributed by atoms with Gasteiger partial charge in [0.25, 0.3) is 0 Å². The number of halogens is 2. The van der Waals surface area contributed by atoms with Crippen molar-refractivity contribution in [3.05, 3.63) is 68.9 Å². The number of rotatable bonds is 5. The number of hydrogen-bond donors (Lipinski definition) is 1. The molecule has 2 aromatic carbocycles. The Morgan fingerprint density at radius 1 is 1.05 bits per heavy atom. The molecule has 2 aromatic rings. The zero-order valence-corrected chi connectivity index (χ0v) is 14.3. The molecular weight excluding hydrogens is 329 g/mol. The lowest BCUT2D eigenvalue weighted by molar-refractivity contribution is 0.532. The Morgan fingerprint density at radius 3 is 2.48 bits per heavy atom. The quantitative estimate of drug-likeness (QED) is 0.832. The molecule has 0 amide bonds. The number of aryl methyl sites for hydroxylation is 2. The summed E-state index contributed by atoms with van der Waals surface area (Å²) in [6.07, 6.45) is 1.57. The van der Waals surface area contributed by atoms with Gasteiger partial charge in [-0.3, -0.25) is 0 Å². The van der Waals surface area contributed by atoms with Gasteiger partial charge in [-0.05, 0) is 74.2 Å². The summed E-state index contributed by atoms with van der Waals surface area (Å²) in [6.45, 7) is 4.24. The van der Waals surface area contributed by atoms with Crippen LogP contribution >= 0.6 is 15.9 Å². The summed E-state index contributed by atoms with van der Waals surface area (Å²) in [4.78, 5) is 0. The maximum absolute atomic E-state index is 13.9. The Balaban J connectivity index is 2.12. The van der Waals surface area contributed by atoms with Crippen molar-refractivity contribution in [3.8, 4) is 0 Å². The highest BCUT2D eigenvalue weighted by Crippen LogP contribution is 2.19. The molecule has 0 bridgehead atoms. The van der Waals surface area contributed by atoms with Crippen LogP contribution in [0.15, 0.2) is 40.9 Å². The fourth-order valence-corrected chi connectivity index (χ4v) is 2.86.